The number of unbranched alkanes of at least 4 members (excludes halogenated alkanes) is 12. The standard InChI is InChI=1S/C29H56O4/c1-5-9-11-13-15-17-19-23-32-28(30)26(21-7-3)25-27(22-8-4)29(31)33-24-20-18-16-14-12-10-6-2/h26-27H,5-25H2,1-4H3. The zero-order valence-electron chi connectivity index (χ0n) is 22.6. The van der Waals surface area contributed by atoms with Crippen molar-refractivity contribution < 1.29 is 19.1 Å². The molecule has 196 valence electrons. The first-order valence-corrected chi connectivity index (χ1v) is 14.4. The minimum absolute atomic E-state index is 0.121. The molecule has 2 atom stereocenters. The third kappa shape index (κ3) is 19.0. The maximum absolute atomic E-state index is 12.7. The van der Waals surface area contributed by atoms with E-state index in [2.05, 4.69) is 27.7 Å². The first-order chi connectivity index (χ1) is 16.1. The molecule has 0 aromatic heterocycles. The Balaban J connectivity index is 4.29. The molecule has 2 unspecified atom stereocenters. The maximum Gasteiger partial charge on any atom is 0.308 e. The van der Waals surface area contributed by atoms with Gasteiger partial charge >= 0.3 is 11.9 Å². The topological polar surface area (TPSA) is 52.6 Å². The number of hydrogen-bond acceptors (Lipinski definition) is 4. The molecule has 0 radical (unpaired) electrons. The minimum Gasteiger partial charge on any atom is -0.465 e. The Morgan fingerprint density at radius 1 is 0.485 bits per heavy atom. The van der Waals surface area contributed by atoms with Crippen molar-refractivity contribution in [1.29, 1.82) is 0 Å². The number of carbonyl (C=O) groups excluding carboxylic acids is 2. The van der Waals surface area contributed by atoms with E-state index in [9.17, 15) is 9.59 Å². The number of rotatable bonds is 24. The Kier molecular flexibility index (Phi) is 23.3. The smallest absolute Gasteiger partial charge is 0.308 e. The molecule has 4 nitrogen and oxygen atoms in total. The lowest BCUT2D eigenvalue weighted by Crippen LogP contribution is -2.26. The number of ether oxygens (including phenoxy) is 2. The van der Waals surface area contributed by atoms with Crippen molar-refractivity contribution in [2.75, 3.05) is 13.2 Å². The molecule has 0 spiro atoms. The lowest BCUT2D eigenvalue weighted by atomic mass is 9.88. The molecule has 0 aliphatic rings. The van der Waals surface area contributed by atoms with Crippen LogP contribution in [0.2, 0.25) is 0 Å². The second kappa shape index (κ2) is 24.1. The zero-order valence-corrected chi connectivity index (χ0v) is 22.6. The molecule has 0 saturated heterocycles. The summed E-state index contributed by atoms with van der Waals surface area (Å²) in [6.45, 7) is 9.65. The van der Waals surface area contributed by atoms with Gasteiger partial charge in [0, 0.05) is 0 Å². The van der Waals surface area contributed by atoms with Crippen LogP contribution in [0.25, 0.3) is 0 Å². The van der Waals surface area contributed by atoms with Crippen molar-refractivity contribution in [2.45, 2.75) is 150 Å². The van der Waals surface area contributed by atoms with Crippen molar-refractivity contribution in [3.63, 3.8) is 0 Å². The molecule has 0 aliphatic carbocycles. The van der Waals surface area contributed by atoms with Gasteiger partial charge in [-0.2, -0.15) is 0 Å². The molecule has 0 saturated carbocycles. The molecule has 0 aromatic carbocycles. The molecule has 0 aliphatic heterocycles. The van der Waals surface area contributed by atoms with Gasteiger partial charge in [0.15, 0.2) is 0 Å². The Morgan fingerprint density at radius 2 is 0.818 bits per heavy atom. The van der Waals surface area contributed by atoms with E-state index in [1.807, 2.05) is 0 Å². The summed E-state index contributed by atoms with van der Waals surface area (Å²) < 4.78 is 11.2. The van der Waals surface area contributed by atoms with E-state index in [0.29, 0.717) is 19.6 Å². The Hall–Kier alpha value is -1.06. The van der Waals surface area contributed by atoms with Crippen LogP contribution in [0.1, 0.15) is 150 Å². The van der Waals surface area contributed by atoms with Crippen LogP contribution in [0, 0.1) is 11.8 Å². The van der Waals surface area contributed by atoms with Crippen LogP contribution in [-0.4, -0.2) is 25.2 Å². The lowest BCUT2D eigenvalue weighted by Gasteiger charge is -2.21. The molecule has 0 amide bonds. The number of carbonyl (C=O) groups is 2. The maximum atomic E-state index is 12.7. The monoisotopic (exact) mass is 468 g/mol. The second-order valence-corrected chi connectivity index (χ2v) is 9.78. The van der Waals surface area contributed by atoms with Crippen LogP contribution in [-0.2, 0) is 19.1 Å². The van der Waals surface area contributed by atoms with Crippen LogP contribution in [0.4, 0.5) is 0 Å². The third-order valence-electron chi connectivity index (χ3n) is 6.49. The van der Waals surface area contributed by atoms with Crippen LogP contribution in [0.5, 0.6) is 0 Å². The normalized spacial score (nSPS) is 13.0. The van der Waals surface area contributed by atoms with Crippen LogP contribution >= 0.6 is 0 Å². The van der Waals surface area contributed by atoms with E-state index in [1.165, 1.54) is 64.2 Å². The molecular formula is C29H56O4. The van der Waals surface area contributed by atoms with Gasteiger partial charge in [0.05, 0.1) is 25.0 Å². The van der Waals surface area contributed by atoms with E-state index in [4.69, 9.17) is 9.47 Å². The summed E-state index contributed by atoms with van der Waals surface area (Å²) in [7, 11) is 0. The fourth-order valence-corrected chi connectivity index (χ4v) is 4.40. The molecule has 4 heteroatoms. The largest absolute Gasteiger partial charge is 0.465 e. The molecule has 0 heterocycles. The highest BCUT2D eigenvalue weighted by Crippen LogP contribution is 2.24. The van der Waals surface area contributed by atoms with Gasteiger partial charge in [-0.15, -0.1) is 0 Å². The Morgan fingerprint density at radius 3 is 1.15 bits per heavy atom. The number of hydrogen-bond donors (Lipinski definition) is 0. The lowest BCUT2D eigenvalue weighted by molar-refractivity contribution is -0.153. The third-order valence-corrected chi connectivity index (χ3v) is 6.49. The number of esters is 2. The molecule has 0 N–H and O–H groups in total. The van der Waals surface area contributed by atoms with Gasteiger partial charge < -0.3 is 9.47 Å². The van der Waals surface area contributed by atoms with Crippen molar-refractivity contribution in [1.82, 2.24) is 0 Å². The van der Waals surface area contributed by atoms with E-state index in [0.717, 1.165) is 51.4 Å². The summed E-state index contributed by atoms with van der Waals surface area (Å²) in [5.41, 5.74) is 0. The highest BCUT2D eigenvalue weighted by molar-refractivity contribution is 5.76. The molecule has 33 heavy (non-hydrogen) atoms. The summed E-state index contributed by atoms with van der Waals surface area (Å²) in [5, 5.41) is 0. The highest BCUT2D eigenvalue weighted by Gasteiger charge is 2.28. The van der Waals surface area contributed by atoms with Crippen molar-refractivity contribution >= 4 is 11.9 Å². The molecule has 0 rings (SSSR count). The first-order valence-electron chi connectivity index (χ1n) is 14.4. The van der Waals surface area contributed by atoms with Crippen LogP contribution in [0.3, 0.4) is 0 Å². The van der Waals surface area contributed by atoms with Crippen LogP contribution < -0.4 is 0 Å². The summed E-state index contributed by atoms with van der Waals surface area (Å²) in [5.74, 6) is -0.628. The molecule has 0 aromatic rings. The van der Waals surface area contributed by atoms with Gasteiger partial charge in [-0.05, 0) is 32.1 Å². The second-order valence-electron chi connectivity index (χ2n) is 9.78. The van der Waals surface area contributed by atoms with E-state index >= 15 is 0 Å². The highest BCUT2D eigenvalue weighted by atomic mass is 16.5. The van der Waals surface area contributed by atoms with Gasteiger partial charge in [-0.3, -0.25) is 9.59 Å². The van der Waals surface area contributed by atoms with Gasteiger partial charge in [0.2, 0.25) is 0 Å². The first kappa shape index (κ1) is 31.9. The molecular weight excluding hydrogens is 412 g/mol. The predicted molar refractivity (Wildman–Crippen MR) is 139 cm³/mol. The van der Waals surface area contributed by atoms with E-state index in [1.54, 1.807) is 0 Å². The minimum atomic E-state index is -0.192. The Labute approximate surface area is 206 Å². The van der Waals surface area contributed by atoms with Gasteiger partial charge in [-0.25, -0.2) is 0 Å². The predicted octanol–water partition coefficient (Wildman–Crippen LogP) is 8.80. The summed E-state index contributed by atoms with van der Waals surface area (Å²) in [6, 6.07) is 0. The van der Waals surface area contributed by atoms with Gasteiger partial charge in [0.25, 0.3) is 0 Å². The average Bonchev–Trinajstić information content (AvgIpc) is 2.81. The van der Waals surface area contributed by atoms with E-state index < -0.39 is 0 Å². The Bertz CT molecular complexity index is 409. The fraction of sp³-hybridized carbons (Fsp3) is 0.931. The zero-order chi connectivity index (χ0) is 24.6. The fourth-order valence-electron chi connectivity index (χ4n) is 4.40. The SMILES string of the molecule is CCCCCCCCCOC(=O)C(CCC)CC(CCC)C(=O)OCCCCCCCCC. The van der Waals surface area contributed by atoms with Crippen molar-refractivity contribution in [3.05, 3.63) is 0 Å². The molecule has 0 fully saturated rings. The van der Waals surface area contributed by atoms with Gasteiger partial charge in [-0.1, -0.05) is 118 Å². The quantitative estimate of drug-likeness (QED) is 0.105. The average molecular weight is 469 g/mol. The van der Waals surface area contributed by atoms with Crippen molar-refractivity contribution in [3.8, 4) is 0 Å². The summed E-state index contributed by atoms with van der Waals surface area (Å²) >= 11 is 0. The summed E-state index contributed by atoms with van der Waals surface area (Å²) in [6.07, 6.45) is 20.9. The van der Waals surface area contributed by atoms with E-state index in [-0.39, 0.29) is 23.8 Å². The summed E-state index contributed by atoms with van der Waals surface area (Å²) in [4.78, 5) is 25.4. The van der Waals surface area contributed by atoms with Crippen LogP contribution in [0.15, 0.2) is 0 Å². The van der Waals surface area contributed by atoms with Gasteiger partial charge in [0.1, 0.15) is 0 Å². The molecule has 0 bridgehead atoms. The van der Waals surface area contributed by atoms with Crippen molar-refractivity contribution in [2.24, 2.45) is 11.8 Å².